The Bertz CT molecular complexity index is 1060. The van der Waals surface area contributed by atoms with Crippen LogP contribution in [0.1, 0.15) is 15.9 Å². The number of anilines is 2. The molecule has 6 nitrogen and oxygen atoms in total. The number of hydrogen-bond acceptors (Lipinski definition) is 5. The van der Waals surface area contributed by atoms with Crippen LogP contribution in [0.5, 0.6) is 5.75 Å². The Morgan fingerprint density at radius 3 is 2.29 bits per heavy atom. The summed E-state index contributed by atoms with van der Waals surface area (Å²) in [5, 5.41) is 3.88. The summed E-state index contributed by atoms with van der Waals surface area (Å²) in [4.78, 5) is 31.9. The second-order valence-electron chi connectivity index (χ2n) is 6.04. The van der Waals surface area contributed by atoms with Crippen LogP contribution in [0.4, 0.5) is 11.4 Å². The van der Waals surface area contributed by atoms with Crippen molar-refractivity contribution < 1.29 is 19.2 Å². The van der Waals surface area contributed by atoms with Crippen LogP contribution in [0.2, 0.25) is 0 Å². The number of amides is 1. The zero-order valence-corrected chi connectivity index (χ0v) is 15.0. The third-order valence-electron chi connectivity index (χ3n) is 4.37. The molecule has 4 rings (SSSR count). The fourth-order valence-electron chi connectivity index (χ4n) is 2.99. The SMILES string of the molecule is COc1ccc(C(=O)ON=C2C(=O)N(c3ccccc3)c3ccccc32)cc1. The van der Waals surface area contributed by atoms with Crippen molar-refractivity contribution in [2.45, 2.75) is 0 Å². The van der Waals surface area contributed by atoms with Crippen molar-refractivity contribution in [1.82, 2.24) is 0 Å². The Hall–Kier alpha value is -3.93. The van der Waals surface area contributed by atoms with Gasteiger partial charge in [0, 0.05) is 11.3 Å². The van der Waals surface area contributed by atoms with Gasteiger partial charge in [-0.3, -0.25) is 9.69 Å². The van der Waals surface area contributed by atoms with Crippen LogP contribution in [0.25, 0.3) is 0 Å². The van der Waals surface area contributed by atoms with E-state index < -0.39 is 5.97 Å². The van der Waals surface area contributed by atoms with E-state index >= 15 is 0 Å². The number of para-hydroxylation sites is 2. The van der Waals surface area contributed by atoms with Crippen molar-refractivity contribution in [3.05, 3.63) is 90.0 Å². The van der Waals surface area contributed by atoms with Crippen LogP contribution < -0.4 is 9.64 Å². The predicted molar refractivity (Wildman–Crippen MR) is 105 cm³/mol. The van der Waals surface area contributed by atoms with Gasteiger partial charge in [-0.15, -0.1) is 0 Å². The van der Waals surface area contributed by atoms with Crippen molar-refractivity contribution in [2.24, 2.45) is 5.16 Å². The Labute approximate surface area is 161 Å². The number of rotatable bonds is 4. The Morgan fingerprint density at radius 2 is 1.57 bits per heavy atom. The monoisotopic (exact) mass is 372 g/mol. The molecule has 0 aromatic heterocycles. The Balaban J connectivity index is 1.64. The van der Waals surface area contributed by atoms with E-state index in [1.165, 1.54) is 0 Å². The molecule has 0 unspecified atom stereocenters. The van der Waals surface area contributed by atoms with Crippen LogP contribution in [-0.2, 0) is 9.63 Å². The van der Waals surface area contributed by atoms with Gasteiger partial charge in [0.15, 0.2) is 5.71 Å². The maximum absolute atomic E-state index is 13.0. The van der Waals surface area contributed by atoms with E-state index in [1.54, 1.807) is 48.4 Å². The molecule has 138 valence electrons. The standard InChI is InChI=1S/C22H16N2O4/c1-27-17-13-11-15(12-14-17)22(26)28-23-20-18-9-5-6-10-19(18)24(21(20)25)16-7-3-2-4-8-16/h2-14H,1H3. The molecule has 1 aliphatic heterocycles. The van der Waals surface area contributed by atoms with Crippen molar-refractivity contribution >= 4 is 29.0 Å². The zero-order chi connectivity index (χ0) is 19.5. The van der Waals surface area contributed by atoms with Crippen molar-refractivity contribution in [1.29, 1.82) is 0 Å². The van der Waals surface area contributed by atoms with Gasteiger partial charge in [-0.25, -0.2) is 4.79 Å². The molecule has 0 saturated carbocycles. The van der Waals surface area contributed by atoms with Crippen molar-refractivity contribution in [2.75, 3.05) is 12.0 Å². The summed E-state index contributed by atoms with van der Waals surface area (Å²) in [6.07, 6.45) is 0. The molecule has 3 aromatic carbocycles. The van der Waals surface area contributed by atoms with E-state index in [9.17, 15) is 9.59 Å². The first kappa shape index (κ1) is 17.5. The molecular weight excluding hydrogens is 356 g/mol. The van der Waals surface area contributed by atoms with Gasteiger partial charge in [0.2, 0.25) is 0 Å². The van der Waals surface area contributed by atoms with E-state index in [0.717, 1.165) is 0 Å². The quantitative estimate of drug-likeness (QED) is 0.514. The van der Waals surface area contributed by atoms with Crippen LogP contribution in [0.3, 0.4) is 0 Å². The molecular formula is C22H16N2O4. The molecule has 0 spiro atoms. The molecule has 0 radical (unpaired) electrons. The highest BCUT2D eigenvalue weighted by atomic mass is 16.7. The summed E-state index contributed by atoms with van der Waals surface area (Å²) >= 11 is 0. The normalized spacial score (nSPS) is 14.1. The topological polar surface area (TPSA) is 68.2 Å². The number of hydrogen-bond donors (Lipinski definition) is 0. The van der Waals surface area contributed by atoms with Gasteiger partial charge in [0.05, 0.1) is 18.4 Å². The van der Waals surface area contributed by atoms with Gasteiger partial charge >= 0.3 is 5.97 Å². The lowest BCUT2D eigenvalue weighted by Crippen LogP contribution is -2.25. The number of nitrogens with zero attached hydrogens (tertiary/aromatic N) is 2. The number of carbonyl (C=O) groups is 2. The summed E-state index contributed by atoms with van der Waals surface area (Å²) in [7, 11) is 1.54. The summed E-state index contributed by atoms with van der Waals surface area (Å²) in [6.45, 7) is 0. The van der Waals surface area contributed by atoms with Gasteiger partial charge in [0.1, 0.15) is 5.75 Å². The van der Waals surface area contributed by atoms with E-state index in [4.69, 9.17) is 9.57 Å². The molecule has 0 aliphatic carbocycles. The van der Waals surface area contributed by atoms with E-state index in [0.29, 0.717) is 28.3 Å². The molecule has 0 atom stereocenters. The van der Waals surface area contributed by atoms with E-state index in [-0.39, 0.29) is 11.6 Å². The van der Waals surface area contributed by atoms with E-state index in [2.05, 4.69) is 5.16 Å². The summed E-state index contributed by atoms with van der Waals surface area (Å²) in [6, 6.07) is 22.9. The van der Waals surface area contributed by atoms with Gasteiger partial charge < -0.3 is 9.57 Å². The number of oxime groups is 1. The zero-order valence-electron chi connectivity index (χ0n) is 15.0. The third-order valence-corrected chi connectivity index (χ3v) is 4.37. The number of benzene rings is 3. The van der Waals surface area contributed by atoms with E-state index in [1.807, 2.05) is 42.5 Å². The fraction of sp³-hybridized carbons (Fsp3) is 0.0455. The number of fused-ring (bicyclic) bond motifs is 1. The first-order valence-electron chi connectivity index (χ1n) is 8.61. The van der Waals surface area contributed by atoms with Gasteiger partial charge in [0.25, 0.3) is 5.91 Å². The highest BCUT2D eigenvalue weighted by Crippen LogP contribution is 2.35. The second kappa shape index (κ2) is 7.36. The molecule has 1 aliphatic rings. The molecule has 0 N–H and O–H groups in total. The molecule has 0 saturated heterocycles. The predicted octanol–water partition coefficient (Wildman–Crippen LogP) is 3.93. The Kier molecular flexibility index (Phi) is 4.60. The average molecular weight is 372 g/mol. The summed E-state index contributed by atoms with van der Waals surface area (Å²) < 4.78 is 5.07. The maximum Gasteiger partial charge on any atom is 0.365 e. The molecule has 28 heavy (non-hydrogen) atoms. The molecule has 3 aromatic rings. The first-order chi connectivity index (χ1) is 13.7. The smallest absolute Gasteiger partial charge is 0.365 e. The van der Waals surface area contributed by atoms with Crippen LogP contribution in [0.15, 0.2) is 84.0 Å². The summed E-state index contributed by atoms with van der Waals surface area (Å²) in [5.74, 6) is -0.380. The van der Waals surface area contributed by atoms with Gasteiger partial charge in [-0.1, -0.05) is 41.6 Å². The second-order valence-corrected chi connectivity index (χ2v) is 6.04. The minimum Gasteiger partial charge on any atom is -0.497 e. The molecule has 1 amide bonds. The lowest BCUT2D eigenvalue weighted by molar-refractivity contribution is -0.111. The number of carbonyl (C=O) groups excluding carboxylic acids is 2. The number of methoxy groups -OCH3 is 1. The molecule has 1 heterocycles. The van der Waals surface area contributed by atoms with Crippen molar-refractivity contribution in [3.8, 4) is 5.75 Å². The lowest BCUT2D eigenvalue weighted by atomic mass is 10.1. The first-order valence-corrected chi connectivity index (χ1v) is 8.61. The fourth-order valence-corrected chi connectivity index (χ4v) is 2.99. The van der Waals surface area contributed by atoms with Gasteiger partial charge in [-0.2, -0.15) is 0 Å². The largest absolute Gasteiger partial charge is 0.497 e. The Morgan fingerprint density at radius 1 is 0.893 bits per heavy atom. The van der Waals surface area contributed by atoms with Gasteiger partial charge in [-0.05, 0) is 42.5 Å². The molecule has 0 fully saturated rings. The highest BCUT2D eigenvalue weighted by Gasteiger charge is 2.35. The van der Waals surface area contributed by atoms with Crippen LogP contribution in [-0.4, -0.2) is 24.7 Å². The number of ether oxygens (including phenoxy) is 1. The van der Waals surface area contributed by atoms with Crippen LogP contribution in [0, 0.1) is 0 Å². The maximum atomic E-state index is 13.0. The summed E-state index contributed by atoms with van der Waals surface area (Å²) in [5.41, 5.74) is 2.41. The average Bonchev–Trinajstić information content (AvgIpc) is 3.04. The van der Waals surface area contributed by atoms with Crippen molar-refractivity contribution in [3.63, 3.8) is 0 Å². The lowest BCUT2D eigenvalue weighted by Gasteiger charge is -2.16. The molecule has 0 bridgehead atoms. The van der Waals surface area contributed by atoms with Crippen LogP contribution >= 0.6 is 0 Å². The minimum absolute atomic E-state index is 0.0846. The third kappa shape index (κ3) is 3.12. The highest BCUT2D eigenvalue weighted by molar-refractivity contribution is 6.55. The minimum atomic E-state index is -0.654. The molecule has 6 heteroatoms.